The van der Waals surface area contributed by atoms with Crippen LogP contribution >= 0.6 is 0 Å². The number of aromatic nitrogens is 1. The Labute approximate surface area is 166 Å². The molecule has 1 aromatic heterocycles. The van der Waals surface area contributed by atoms with Crippen molar-refractivity contribution in [1.82, 2.24) is 4.98 Å². The third kappa shape index (κ3) is 4.60. The van der Waals surface area contributed by atoms with E-state index in [1.807, 2.05) is 6.92 Å². The van der Waals surface area contributed by atoms with Crippen LogP contribution in [-0.2, 0) is 0 Å². The van der Waals surface area contributed by atoms with Gasteiger partial charge in [0.15, 0.2) is 0 Å². The topological polar surface area (TPSA) is 97.5 Å². The summed E-state index contributed by atoms with van der Waals surface area (Å²) < 4.78 is 30.3. The van der Waals surface area contributed by atoms with E-state index in [1.54, 1.807) is 36.4 Å². The minimum absolute atomic E-state index is 0.0330. The molecule has 0 bridgehead atoms. The number of aromatic hydroxyl groups is 1. The van der Waals surface area contributed by atoms with Gasteiger partial charge in [-0.05, 0) is 48.9 Å². The van der Waals surface area contributed by atoms with Crippen molar-refractivity contribution < 1.29 is 23.4 Å². The summed E-state index contributed by atoms with van der Waals surface area (Å²) in [5.41, 5.74) is 7.32. The van der Waals surface area contributed by atoms with Gasteiger partial charge in [0, 0.05) is 17.7 Å². The SMILES string of the molecule is CCNc1cc(-c2ccccc2OC(F)F)cc(-c2ccc(O)c(C(N)=O)c2)n1. The van der Waals surface area contributed by atoms with Crippen LogP contribution in [0.3, 0.4) is 0 Å². The zero-order chi connectivity index (χ0) is 21.0. The molecule has 0 radical (unpaired) electrons. The van der Waals surface area contributed by atoms with E-state index in [9.17, 15) is 18.7 Å². The number of primary amides is 1. The number of pyridine rings is 1. The molecule has 0 atom stereocenters. The number of amides is 1. The predicted octanol–water partition coefficient (Wildman–Crippen LogP) is 4.25. The number of para-hydroxylation sites is 1. The molecule has 0 spiro atoms. The molecule has 0 aliphatic heterocycles. The highest BCUT2D eigenvalue weighted by Crippen LogP contribution is 2.35. The molecule has 2 aromatic carbocycles. The van der Waals surface area contributed by atoms with Crippen molar-refractivity contribution in [3.8, 4) is 33.9 Å². The molecule has 1 amide bonds. The number of hydrogen-bond acceptors (Lipinski definition) is 5. The zero-order valence-electron chi connectivity index (χ0n) is 15.5. The number of rotatable bonds is 7. The van der Waals surface area contributed by atoms with Crippen LogP contribution in [-0.4, -0.2) is 29.2 Å². The molecule has 0 unspecified atom stereocenters. The van der Waals surface area contributed by atoms with Gasteiger partial charge >= 0.3 is 6.61 Å². The van der Waals surface area contributed by atoms with Gasteiger partial charge in [-0.3, -0.25) is 4.79 Å². The number of nitrogens with zero attached hydrogens (tertiary/aromatic N) is 1. The number of halogens is 2. The van der Waals surface area contributed by atoms with Crippen LogP contribution in [0.1, 0.15) is 17.3 Å². The molecule has 0 aliphatic rings. The van der Waals surface area contributed by atoms with E-state index in [2.05, 4.69) is 15.0 Å². The van der Waals surface area contributed by atoms with Gasteiger partial charge in [0.05, 0.1) is 11.3 Å². The Kier molecular flexibility index (Phi) is 5.92. The van der Waals surface area contributed by atoms with Crippen LogP contribution in [0.15, 0.2) is 54.6 Å². The molecular weight excluding hydrogens is 380 g/mol. The summed E-state index contributed by atoms with van der Waals surface area (Å²) in [5.74, 6) is -0.464. The number of carbonyl (C=O) groups excluding carboxylic acids is 1. The van der Waals surface area contributed by atoms with Crippen molar-refractivity contribution in [3.05, 3.63) is 60.2 Å². The molecule has 150 valence electrons. The maximum absolute atomic E-state index is 12.8. The minimum Gasteiger partial charge on any atom is -0.507 e. The normalized spacial score (nSPS) is 10.8. The van der Waals surface area contributed by atoms with E-state index in [-0.39, 0.29) is 17.1 Å². The van der Waals surface area contributed by atoms with Crippen LogP contribution in [0.25, 0.3) is 22.4 Å². The smallest absolute Gasteiger partial charge is 0.387 e. The third-order valence-electron chi connectivity index (χ3n) is 4.16. The Morgan fingerprint density at radius 2 is 1.93 bits per heavy atom. The highest BCUT2D eigenvalue weighted by Gasteiger charge is 2.15. The number of benzene rings is 2. The van der Waals surface area contributed by atoms with E-state index in [0.717, 1.165) is 0 Å². The first-order valence-electron chi connectivity index (χ1n) is 8.82. The number of ether oxygens (including phenoxy) is 1. The highest BCUT2D eigenvalue weighted by atomic mass is 19.3. The van der Waals surface area contributed by atoms with E-state index in [4.69, 9.17) is 5.73 Å². The van der Waals surface area contributed by atoms with Gasteiger partial charge in [-0.25, -0.2) is 4.98 Å². The second-order valence-electron chi connectivity index (χ2n) is 6.13. The number of nitrogens with two attached hydrogens (primary N) is 1. The fourth-order valence-corrected chi connectivity index (χ4v) is 2.90. The van der Waals surface area contributed by atoms with Gasteiger partial charge in [0.25, 0.3) is 5.91 Å². The Balaban J connectivity index is 2.16. The minimum atomic E-state index is -2.96. The lowest BCUT2D eigenvalue weighted by Crippen LogP contribution is -2.11. The molecular formula is C21H19F2N3O3. The van der Waals surface area contributed by atoms with Gasteiger partial charge in [-0.1, -0.05) is 18.2 Å². The summed E-state index contributed by atoms with van der Waals surface area (Å²) in [5, 5.41) is 12.9. The fraction of sp³-hybridized carbons (Fsp3) is 0.143. The molecule has 0 fully saturated rings. The maximum Gasteiger partial charge on any atom is 0.387 e. The van der Waals surface area contributed by atoms with E-state index in [0.29, 0.717) is 34.7 Å². The lowest BCUT2D eigenvalue weighted by atomic mass is 10.0. The highest BCUT2D eigenvalue weighted by molar-refractivity contribution is 5.97. The zero-order valence-corrected chi connectivity index (χ0v) is 15.5. The summed E-state index contributed by atoms with van der Waals surface area (Å²) in [6, 6.07) is 14.2. The van der Waals surface area contributed by atoms with Gasteiger partial charge in [-0.15, -0.1) is 0 Å². The number of carbonyl (C=O) groups is 1. The number of hydrogen-bond donors (Lipinski definition) is 3. The lowest BCUT2D eigenvalue weighted by Gasteiger charge is -2.14. The van der Waals surface area contributed by atoms with Crippen molar-refractivity contribution >= 4 is 11.7 Å². The fourth-order valence-electron chi connectivity index (χ4n) is 2.90. The first kappa shape index (κ1) is 20.1. The van der Waals surface area contributed by atoms with Crippen LogP contribution in [0, 0.1) is 0 Å². The largest absolute Gasteiger partial charge is 0.507 e. The maximum atomic E-state index is 12.8. The van der Waals surface area contributed by atoms with Crippen molar-refractivity contribution in [3.63, 3.8) is 0 Å². The van der Waals surface area contributed by atoms with Crippen molar-refractivity contribution in [2.24, 2.45) is 5.73 Å². The molecule has 1 heterocycles. The van der Waals surface area contributed by atoms with E-state index >= 15 is 0 Å². The Bertz CT molecular complexity index is 1040. The van der Waals surface area contributed by atoms with Crippen molar-refractivity contribution in [1.29, 1.82) is 0 Å². The monoisotopic (exact) mass is 399 g/mol. The molecule has 0 saturated carbocycles. The second-order valence-corrected chi connectivity index (χ2v) is 6.13. The van der Waals surface area contributed by atoms with Crippen molar-refractivity contribution in [2.75, 3.05) is 11.9 Å². The summed E-state index contributed by atoms with van der Waals surface area (Å²) in [6.45, 7) is -0.471. The number of phenols is 1. The molecule has 4 N–H and O–H groups in total. The molecule has 3 aromatic rings. The van der Waals surface area contributed by atoms with Crippen LogP contribution in [0.4, 0.5) is 14.6 Å². The van der Waals surface area contributed by atoms with Gasteiger partial charge in [0.1, 0.15) is 17.3 Å². The number of nitrogens with one attached hydrogen (secondary N) is 1. The molecule has 0 saturated heterocycles. The second kappa shape index (κ2) is 8.55. The third-order valence-corrected chi connectivity index (χ3v) is 4.16. The molecule has 6 nitrogen and oxygen atoms in total. The standard InChI is InChI=1S/C21H19F2N3O3/c1-2-25-19-11-13(14-5-3-4-6-18(14)29-21(22)23)10-16(26-19)12-7-8-17(27)15(9-12)20(24)28/h3-11,21,27H,2H2,1H3,(H2,24,28)(H,25,26). The van der Waals surface area contributed by atoms with Gasteiger partial charge < -0.3 is 20.9 Å². The molecule has 0 aliphatic carbocycles. The van der Waals surface area contributed by atoms with Gasteiger partial charge in [-0.2, -0.15) is 8.78 Å². The first-order chi connectivity index (χ1) is 13.9. The van der Waals surface area contributed by atoms with Crippen LogP contribution in [0.5, 0.6) is 11.5 Å². The van der Waals surface area contributed by atoms with E-state index < -0.39 is 12.5 Å². The van der Waals surface area contributed by atoms with Gasteiger partial charge in [0.2, 0.25) is 0 Å². The van der Waals surface area contributed by atoms with Crippen LogP contribution in [0.2, 0.25) is 0 Å². The Morgan fingerprint density at radius 1 is 1.17 bits per heavy atom. The molecule has 8 heteroatoms. The summed E-state index contributed by atoms with van der Waals surface area (Å²) >= 11 is 0. The average molecular weight is 399 g/mol. The van der Waals surface area contributed by atoms with Crippen LogP contribution < -0.4 is 15.8 Å². The summed E-state index contributed by atoms with van der Waals surface area (Å²) in [7, 11) is 0. The Morgan fingerprint density at radius 3 is 2.62 bits per heavy atom. The summed E-state index contributed by atoms with van der Waals surface area (Å²) in [6.07, 6.45) is 0. The van der Waals surface area contributed by atoms with E-state index in [1.165, 1.54) is 18.2 Å². The number of anilines is 1. The Hall–Kier alpha value is -3.68. The quantitative estimate of drug-likeness (QED) is 0.552. The molecule has 29 heavy (non-hydrogen) atoms. The lowest BCUT2D eigenvalue weighted by molar-refractivity contribution is -0.0494. The van der Waals surface area contributed by atoms with Crippen molar-refractivity contribution in [2.45, 2.75) is 13.5 Å². The molecule has 3 rings (SSSR count). The number of alkyl halides is 2. The first-order valence-corrected chi connectivity index (χ1v) is 8.82. The predicted molar refractivity (Wildman–Crippen MR) is 106 cm³/mol. The average Bonchev–Trinajstić information content (AvgIpc) is 2.68. The summed E-state index contributed by atoms with van der Waals surface area (Å²) in [4.78, 5) is 16.1.